The molecule has 0 saturated heterocycles. The molecule has 3 rings (SSSR count). The molecular weight excluding hydrogens is 296 g/mol. The Balaban J connectivity index is 1.94. The quantitative estimate of drug-likeness (QED) is 0.865. The van der Waals surface area contributed by atoms with E-state index in [9.17, 15) is 4.79 Å². The number of hydrogen-bond donors (Lipinski definition) is 0. The molecule has 120 valence electrons. The van der Waals surface area contributed by atoms with Gasteiger partial charge < -0.3 is 18.9 Å². The lowest BCUT2D eigenvalue weighted by atomic mass is 9.96. The van der Waals surface area contributed by atoms with Gasteiger partial charge >= 0.3 is 0 Å². The number of benzene rings is 2. The van der Waals surface area contributed by atoms with Crippen LogP contribution in [0.15, 0.2) is 36.4 Å². The molecule has 1 aliphatic rings. The predicted molar refractivity (Wildman–Crippen MR) is 84.9 cm³/mol. The van der Waals surface area contributed by atoms with Crippen molar-refractivity contribution >= 4 is 5.78 Å². The number of methoxy groups -OCH3 is 3. The van der Waals surface area contributed by atoms with E-state index in [-0.39, 0.29) is 18.3 Å². The summed E-state index contributed by atoms with van der Waals surface area (Å²) in [4.78, 5) is 12.4. The van der Waals surface area contributed by atoms with Gasteiger partial charge in [-0.3, -0.25) is 4.79 Å². The van der Waals surface area contributed by atoms with E-state index in [2.05, 4.69) is 0 Å². The number of ketones is 1. The average molecular weight is 314 g/mol. The smallest absolute Gasteiger partial charge is 0.170 e. The van der Waals surface area contributed by atoms with Crippen LogP contribution in [0.4, 0.5) is 0 Å². The van der Waals surface area contributed by atoms with Crippen LogP contribution in [0.25, 0.3) is 0 Å². The van der Waals surface area contributed by atoms with Crippen LogP contribution in [0.5, 0.6) is 23.0 Å². The molecule has 0 aliphatic carbocycles. The molecule has 5 heteroatoms. The Bertz CT molecular complexity index is 738. The van der Waals surface area contributed by atoms with Crippen LogP contribution >= 0.6 is 0 Å². The summed E-state index contributed by atoms with van der Waals surface area (Å²) in [7, 11) is 4.74. The topological polar surface area (TPSA) is 54.0 Å². The molecule has 0 spiro atoms. The molecule has 1 heterocycles. The summed E-state index contributed by atoms with van der Waals surface area (Å²) in [5, 5.41) is 0. The molecule has 2 aromatic carbocycles. The van der Waals surface area contributed by atoms with E-state index in [1.54, 1.807) is 39.5 Å². The minimum atomic E-state index is -0.359. The zero-order chi connectivity index (χ0) is 16.4. The van der Waals surface area contributed by atoms with Gasteiger partial charge in [0.15, 0.2) is 17.3 Å². The molecule has 5 nitrogen and oxygen atoms in total. The Labute approximate surface area is 134 Å². The Hall–Kier alpha value is -2.69. The summed E-state index contributed by atoms with van der Waals surface area (Å²) in [5.74, 6) is 2.50. The first-order valence-corrected chi connectivity index (χ1v) is 7.26. The van der Waals surface area contributed by atoms with Crippen LogP contribution in [-0.4, -0.2) is 27.1 Å². The zero-order valence-corrected chi connectivity index (χ0v) is 13.3. The van der Waals surface area contributed by atoms with E-state index in [0.717, 1.165) is 5.56 Å². The third kappa shape index (κ3) is 2.82. The normalized spacial score (nSPS) is 16.3. The Kier molecular flexibility index (Phi) is 4.10. The van der Waals surface area contributed by atoms with Gasteiger partial charge in [0.1, 0.15) is 17.6 Å². The maximum atomic E-state index is 12.4. The summed E-state index contributed by atoms with van der Waals surface area (Å²) < 4.78 is 21.8. The van der Waals surface area contributed by atoms with Crippen LogP contribution in [-0.2, 0) is 0 Å². The molecule has 0 N–H and O–H groups in total. The van der Waals surface area contributed by atoms with E-state index in [0.29, 0.717) is 28.6 Å². The molecule has 0 saturated carbocycles. The number of carbonyl (C=O) groups is 1. The monoisotopic (exact) mass is 314 g/mol. The highest BCUT2D eigenvalue weighted by Gasteiger charge is 2.28. The van der Waals surface area contributed by atoms with Crippen molar-refractivity contribution in [2.24, 2.45) is 0 Å². The van der Waals surface area contributed by atoms with Gasteiger partial charge in [-0.2, -0.15) is 0 Å². The molecule has 0 amide bonds. The number of fused-ring (bicyclic) bond motifs is 1. The SMILES string of the molecule is COc1ccc2c(c1)O[C@H](c1ccc(OC)c(OC)c1)CC2=O. The molecular formula is C18H18O5. The number of hydrogen-bond acceptors (Lipinski definition) is 5. The van der Waals surface area contributed by atoms with Gasteiger partial charge in [0.25, 0.3) is 0 Å². The first kappa shape index (κ1) is 15.2. The third-order valence-corrected chi connectivity index (χ3v) is 3.91. The number of carbonyl (C=O) groups excluding carboxylic acids is 1. The first-order chi connectivity index (χ1) is 11.2. The molecule has 1 aliphatic heterocycles. The molecule has 0 unspecified atom stereocenters. The summed E-state index contributed by atoms with van der Waals surface area (Å²) in [6, 6.07) is 10.8. The fourth-order valence-electron chi connectivity index (χ4n) is 2.67. The van der Waals surface area contributed by atoms with Crippen LogP contribution < -0.4 is 18.9 Å². The fourth-order valence-corrected chi connectivity index (χ4v) is 2.67. The van der Waals surface area contributed by atoms with Crippen molar-refractivity contribution in [1.29, 1.82) is 0 Å². The van der Waals surface area contributed by atoms with Crippen LogP contribution in [0.2, 0.25) is 0 Å². The van der Waals surface area contributed by atoms with Crippen molar-refractivity contribution in [1.82, 2.24) is 0 Å². The Morgan fingerprint density at radius 1 is 0.957 bits per heavy atom. The highest BCUT2D eigenvalue weighted by molar-refractivity contribution is 6.00. The number of Topliss-reactive ketones (excluding diaryl/α,β-unsaturated/α-hetero) is 1. The fraction of sp³-hybridized carbons (Fsp3) is 0.278. The maximum absolute atomic E-state index is 12.4. The second-order valence-corrected chi connectivity index (χ2v) is 5.21. The second kappa shape index (κ2) is 6.20. The Morgan fingerprint density at radius 3 is 2.43 bits per heavy atom. The first-order valence-electron chi connectivity index (χ1n) is 7.26. The lowest BCUT2D eigenvalue weighted by molar-refractivity contribution is 0.0849. The second-order valence-electron chi connectivity index (χ2n) is 5.21. The molecule has 0 aromatic heterocycles. The Morgan fingerprint density at radius 2 is 1.74 bits per heavy atom. The van der Waals surface area contributed by atoms with Gasteiger partial charge in [-0.25, -0.2) is 0 Å². The molecule has 2 aromatic rings. The third-order valence-electron chi connectivity index (χ3n) is 3.91. The number of ether oxygens (including phenoxy) is 4. The van der Waals surface area contributed by atoms with Crippen molar-refractivity contribution < 1.29 is 23.7 Å². The average Bonchev–Trinajstić information content (AvgIpc) is 2.60. The van der Waals surface area contributed by atoms with E-state index >= 15 is 0 Å². The standard InChI is InChI=1S/C18H18O5/c1-20-12-5-6-13-14(19)10-16(23-17(13)9-12)11-4-7-15(21-2)18(8-11)22-3/h4-9,16H,10H2,1-3H3/t16-/m0/s1. The summed E-state index contributed by atoms with van der Waals surface area (Å²) in [6.07, 6.45) is -0.0728. The lowest BCUT2D eigenvalue weighted by Gasteiger charge is -2.26. The van der Waals surface area contributed by atoms with E-state index in [1.165, 1.54) is 0 Å². The molecule has 1 atom stereocenters. The van der Waals surface area contributed by atoms with Crippen molar-refractivity contribution in [2.45, 2.75) is 12.5 Å². The van der Waals surface area contributed by atoms with E-state index in [4.69, 9.17) is 18.9 Å². The van der Waals surface area contributed by atoms with Crippen molar-refractivity contribution in [2.75, 3.05) is 21.3 Å². The highest BCUT2D eigenvalue weighted by Crippen LogP contribution is 2.39. The van der Waals surface area contributed by atoms with Crippen LogP contribution in [0.3, 0.4) is 0 Å². The van der Waals surface area contributed by atoms with Crippen molar-refractivity contribution in [3.05, 3.63) is 47.5 Å². The van der Waals surface area contributed by atoms with Gasteiger partial charge in [0, 0.05) is 6.07 Å². The van der Waals surface area contributed by atoms with Crippen molar-refractivity contribution in [3.63, 3.8) is 0 Å². The molecule has 23 heavy (non-hydrogen) atoms. The van der Waals surface area contributed by atoms with Crippen LogP contribution in [0.1, 0.15) is 28.4 Å². The van der Waals surface area contributed by atoms with Crippen molar-refractivity contribution in [3.8, 4) is 23.0 Å². The number of rotatable bonds is 4. The summed E-state index contributed by atoms with van der Waals surface area (Å²) >= 11 is 0. The highest BCUT2D eigenvalue weighted by atomic mass is 16.5. The lowest BCUT2D eigenvalue weighted by Crippen LogP contribution is -2.20. The van der Waals surface area contributed by atoms with Gasteiger partial charge in [-0.1, -0.05) is 6.07 Å². The zero-order valence-electron chi connectivity index (χ0n) is 13.3. The van der Waals surface area contributed by atoms with Crippen LogP contribution in [0, 0.1) is 0 Å². The molecule has 0 radical (unpaired) electrons. The molecule has 0 fully saturated rings. The summed E-state index contributed by atoms with van der Waals surface area (Å²) in [6.45, 7) is 0. The minimum Gasteiger partial charge on any atom is -0.497 e. The summed E-state index contributed by atoms with van der Waals surface area (Å²) in [5.41, 5.74) is 1.45. The van der Waals surface area contributed by atoms with Gasteiger partial charge in [0.05, 0.1) is 33.3 Å². The predicted octanol–water partition coefficient (Wildman–Crippen LogP) is 3.42. The van der Waals surface area contributed by atoms with Gasteiger partial charge in [-0.15, -0.1) is 0 Å². The minimum absolute atomic E-state index is 0.0497. The largest absolute Gasteiger partial charge is 0.497 e. The van der Waals surface area contributed by atoms with Gasteiger partial charge in [-0.05, 0) is 29.8 Å². The van der Waals surface area contributed by atoms with Gasteiger partial charge in [0.2, 0.25) is 0 Å². The maximum Gasteiger partial charge on any atom is 0.170 e. The van der Waals surface area contributed by atoms with E-state index < -0.39 is 0 Å². The van der Waals surface area contributed by atoms with E-state index in [1.807, 2.05) is 18.2 Å². The molecule has 0 bridgehead atoms.